The van der Waals surface area contributed by atoms with Crippen LogP contribution >= 0.6 is 0 Å². The van der Waals surface area contributed by atoms with Crippen LogP contribution in [0, 0.1) is 0 Å². The molecule has 0 saturated carbocycles. The standard InChI is InChI=1S/C20H21NO8/c1-11(19(22)21-12-5-6-14-18(7-12)28-10-27-14)29-20(23)13-8-16(25-3)17(26-4)9-15(13)24-2/h5-9,11H,10H2,1-4H3,(H,21,22)/t11-/m1/s1. The van der Waals surface area contributed by atoms with Gasteiger partial charge in [-0.3, -0.25) is 4.79 Å². The molecule has 1 heterocycles. The normalized spacial score (nSPS) is 12.7. The summed E-state index contributed by atoms with van der Waals surface area (Å²) in [5, 5.41) is 2.67. The van der Waals surface area contributed by atoms with Crippen LogP contribution in [0.5, 0.6) is 28.7 Å². The second-order valence-corrected chi connectivity index (χ2v) is 6.01. The van der Waals surface area contributed by atoms with Gasteiger partial charge in [0.1, 0.15) is 11.3 Å². The van der Waals surface area contributed by atoms with Crippen molar-refractivity contribution in [3.8, 4) is 28.7 Å². The molecule has 0 radical (unpaired) electrons. The van der Waals surface area contributed by atoms with E-state index < -0.39 is 18.0 Å². The van der Waals surface area contributed by atoms with Crippen LogP contribution in [0.3, 0.4) is 0 Å². The Balaban J connectivity index is 1.70. The van der Waals surface area contributed by atoms with Crippen molar-refractivity contribution < 1.29 is 38.0 Å². The first-order valence-corrected chi connectivity index (χ1v) is 8.68. The first-order chi connectivity index (χ1) is 14.0. The van der Waals surface area contributed by atoms with E-state index >= 15 is 0 Å². The number of amides is 1. The number of hydrogen-bond donors (Lipinski definition) is 1. The minimum atomic E-state index is -1.06. The highest BCUT2D eigenvalue weighted by molar-refractivity contribution is 5.99. The minimum Gasteiger partial charge on any atom is -0.496 e. The molecule has 0 aromatic heterocycles. The van der Waals surface area contributed by atoms with Crippen LogP contribution in [0.25, 0.3) is 0 Å². The molecular weight excluding hydrogens is 382 g/mol. The molecule has 9 heteroatoms. The van der Waals surface area contributed by atoms with Crippen LogP contribution in [-0.4, -0.2) is 46.1 Å². The van der Waals surface area contributed by atoms with Crippen LogP contribution in [0.4, 0.5) is 5.69 Å². The molecule has 29 heavy (non-hydrogen) atoms. The molecule has 0 fully saturated rings. The number of carbonyl (C=O) groups excluding carboxylic acids is 2. The van der Waals surface area contributed by atoms with E-state index in [1.165, 1.54) is 40.4 Å². The van der Waals surface area contributed by atoms with Crippen molar-refractivity contribution in [3.05, 3.63) is 35.9 Å². The Morgan fingerprint density at radius 1 is 0.931 bits per heavy atom. The van der Waals surface area contributed by atoms with Gasteiger partial charge in [0.05, 0.1) is 21.3 Å². The Kier molecular flexibility index (Phi) is 5.96. The highest BCUT2D eigenvalue weighted by Gasteiger charge is 2.24. The monoisotopic (exact) mass is 403 g/mol. The number of nitrogens with one attached hydrogen (secondary N) is 1. The largest absolute Gasteiger partial charge is 0.496 e. The smallest absolute Gasteiger partial charge is 0.342 e. The zero-order valence-corrected chi connectivity index (χ0v) is 16.4. The van der Waals surface area contributed by atoms with E-state index in [1.807, 2.05) is 0 Å². The third-order valence-electron chi connectivity index (χ3n) is 4.22. The van der Waals surface area contributed by atoms with Gasteiger partial charge in [0, 0.05) is 23.9 Å². The van der Waals surface area contributed by atoms with Gasteiger partial charge in [-0.05, 0) is 19.1 Å². The average Bonchev–Trinajstić information content (AvgIpc) is 3.20. The zero-order chi connectivity index (χ0) is 21.0. The molecule has 0 aliphatic carbocycles. The van der Waals surface area contributed by atoms with Gasteiger partial charge in [0.2, 0.25) is 6.79 Å². The van der Waals surface area contributed by atoms with Crippen LogP contribution in [0.15, 0.2) is 30.3 Å². The maximum absolute atomic E-state index is 12.6. The molecule has 2 aromatic carbocycles. The van der Waals surface area contributed by atoms with Crippen molar-refractivity contribution >= 4 is 17.6 Å². The van der Waals surface area contributed by atoms with Crippen molar-refractivity contribution in [3.63, 3.8) is 0 Å². The van der Waals surface area contributed by atoms with Gasteiger partial charge < -0.3 is 33.7 Å². The van der Waals surface area contributed by atoms with Gasteiger partial charge >= 0.3 is 5.97 Å². The summed E-state index contributed by atoms with van der Waals surface area (Å²) in [6.07, 6.45) is -1.06. The molecule has 9 nitrogen and oxygen atoms in total. The molecule has 2 aromatic rings. The van der Waals surface area contributed by atoms with E-state index in [2.05, 4.69) is 5.32 Å². The summed E-state index contributed by atoms with van der Waals surface area (Å²) in [5.41, 5.74) is 0.596. The maximum Gasteiger partial charge on any atom is 0.342 e. The topological polar surface area (TPSA) is 102 Å². The number of ether oxygens (including phenoxy) is 6. The highest BCUT2D eigenvalue weighted by Crippen LogP contribution is 2.36. The van der Waals surface area contributed by atoms with Crippen molar-refractivity contribution in [2.45, 2.75) is 13.0 Å². The summed E-state index contributed by atoms with van der Waals surface area (Å²) < 4.78 is 31.4. The van der Waals surface area contributed by atoms with Crippen LogP contribution in [0.2, 0.25) is 0 Å². The van der Waals surface area contributed by atoms with E-state index in [1.54, 1.807) is 18.2 Å². The van der Waals surface area contributed by atoms with Gasteiger partial charge in [0.25, 0.3) is 5.91 Å². The van der Waals surface area contributed by atoms with E-state index in [9.17, 15) is 9.59 Å². The van der Waals surface area contributed by atoms with Gasteiger partial charge in [0.15, 0.2) is 29.1 Å². The molecule has 0 spiro atoms. The third-order valence-corrected chi connectivity index (χ3v) is 4.22. The lowest BCUT2D eigenvalue weighted by atomic mass is 10.1. The Morgan fingerprint density at radius 3 is 2.28 bits per heavy atom. The van der Waals surface area contributed by atoms with Crippen LogP contribution in [-0.2, 0) is 9.53 Å². The van der Waals surface area contributed by atoms with Crippen molar-refractivity contribution in [2.75, 3.05) is 33.4 Å². The lowest BCUT2D eigenvalue weighted by Crippen LogP contribution is -2.30. The Morgan fingerprint density at radius 2 is 1.59 bits per heavy atom. The van der Waals surface area contributed by atoms with E-state index in [4.69, 9.17) is 28.4 Å². The van der Waals surface area contributed by atoms with Gasteiger partial charge in [-0.2, -0.15) is 0 Å². The van der Waals surface area contributed by atoms with Crippen molar-refractivity contribution in [2.24, 2.45) is 0 Å². The Hall–Kier alpha value is -3.62. The summed E-state index contributed by atoms with van der Waals surface area (Å²) in [6.45, 7) is 1.60. The summed E-state index contributed by atoms with van der Waals surface area (Å²) in [6, 6.07) is 7.92. The van der Waals surface area contributed by atoms with Crippen molar-refractivity contribution in [1.29, 1.82) is 0 Å². The fraction of sp³-hybridized carbons (Fsp3) is 0.300. The second-order valence-electron chi connectivity index (χ2n) is 6.01. The number of hydrogen-bond acceptors (Lipinski definition) is 8. The van der Waals surface area contributed by atoms with Crippen LogP contribution in [0.1, 0.15) is 17.3 Å². The fourth-order valence-corrected chi connectivity index (χ4v) is 2.68. The molecule has 1 atom stereocenters. The number of anilines is 1. The van der Waals surface area contributed by atoms with E-state index in [0.29, 0.717) is 28.7 Å². The number of esters is 1. The molecule has 1 aliphatic rings. The van der Waals surface area contributed by atoms with Gasteiger partial charge in [-0.15, -0.1) is 0 Å². The lowest BCUT2D eigenvalue weighted by molar-refractivity contribution is -0.123. The third kappa shape index (κ3) is 4.29. The highest BCUT2D eigenvalue weighted by atomic mass is 16.7. The van der Waals surface area contributed by atoms with Gasteiger partial charge in [-0.25, -0.2) is 4.79 Å². The number of benzene rings is 2. The van der Waals surface area contributed by atoms with Gasteiger partial charge in [-0.1, -0.05) is 0 Å². The molecule has 3 rings (SSSR count). The number of carbonyl (C=O) groups is 2. The molecule has 1 N–H and O–H groups in total. The quantitative estimate of drug-likeness (QED) is 0.704. The predicted molar refractivity (Wildman–Crippen MR) is 102 cm³/mol. The van der Waals surface area contributed by atoms with Crippen LogP contribution < -0.4 is 29.0 Å². The SMILES string of the molecule is COc1cc(OC)c(C(=O)O[C@H](C)C(=O)Nc2ccc3c(c2)OCO3)cc1OC. The molecule has 154 valence electrons. The van der Waals surface area contributed by atoms with Crippen molar-refractivity contribution in [1.82, 2.24) is 0 Å². The van der Waals surface area contributed by atoms with E-state index in [-0.39, 0.29) is 18.1 Å². The molecule has 0 unspecified atom stereocenters. The predicted octanol–water partition coefficient (Wildman–Crippen LogP) is 2.63. The molecule has 0 saturated heterocycles. The summed E-state index contributed by atoms with van der Waals surface area (Å²) in [4.78, 5) is 25.0. The lowest BCUT2D eigenvalue weighted by Gasteiger charge is -2.16. The maximum atomic E-state index is 12.6. The Bertz CT molecular complexity index is 927. The minimum absolute atomic E-state index is 0.105. The summed E-state index contributed by atoms with van der Waals surface area (Å²) >= 11 is 0. The average molecular weight is 403 g/mol. The summed E-state index contributed by atoms with van der Waals surface area (Å²) in [5.74, 6) is 0.849. The number of rotatable bonds is 7. The molecule has 1 amide bonds. The molecular formula is C20H21NO8. The first-order valence-electron chi connectivity index (χ1n) is 8.68. The number of fused-ring (bicyclic) bond motifs is 1. The zero-order valence-electron chi connectivity index (χ0n) is 16.4. The van der Waals surface area contributed by atoms with E-state index in [0.717, 1.165) is 0 Å². The second kappa shape index (κ2) is 8.59. The molecule has 0 bridgehead atoms. The first kappa shape index (κ1) is 20.1. The molecule has 1 aliphatic heterocycles. The fourth-order valence-electron chi connectivity index (χ4n) is 2.68. The summed E-state index contributed by atoms with van der Waals surface area (Å²) in [7, 11) is 4.33. The number of methoxy groups -OCH3 is 3. The Labute approximate surface area is 167 Å².